The molecule has 1 fully saturated rings. The van der Waals surface area contributed by atoms with Crippen LogP contribution in [-0.4, -0.2) is 18.1 Å². The number of alkyl halides is 3. The molecule has 0 spiro atoms. The van der Waals surface area contributed by atoms with E-state index in [-0.39, 0.29) is 13.5 Å². The lowest BCUT2D eigenvalue weighted by Gasteiger charge is -2.12. The molecule has 1 aliphatic heterocycles. The zero-order valence-corrected chi connectivity index (χ0v) is 11.1. The standard InChI is InChI=1S/C12H15F3N2.H2S/c1-8-4-10(5-9-2-3-16-7-9)6-11(17-8)12(13,14)15;/h4,6,9,16H,2-3,5,7H2,1H3;1H2/t9-;/m1./s1. The van der Waals surface area contributed by atoms with Crippen molar-refractivity contribution in [2.75, 3.05) is 13.1 Å². The summed E-state index contributed by atoms with van der Waals surface area (Å²) in [5.74, 6) is 0.442. The fourth-order valence-electron chi connectivity index (χ4n) is 2.23. The number of nitrogens with one attached hydrogen (secondary N) is 1. The molecule has 0 unspecified atom stereocenters. The molecule has 1 aromatic heterocycles. The Labute approximate surface area is 111 Å². The van der Waals surface area contributed by atoms with Crippen LogP contribution in [0.25, 0.3) is 0 Å². The van der Waals surface area contributed by atoms with Gasteiger partial charge in [0.2, 0.25) is 0 Å². The number of hydrogen-bond donors (Lipinski definition) is 1. The highest BCUT2D eigenvalue weighted by atomic mass is 32.1. The van der Waals surface area contributed by atoms with Gasteiger partial charge in [0, 0.05) is 5.69 Å². The maximum Gasteiger partial charge on any atom is 0.433 e. The minimum atomic E-state index is -4.35. The molecule has 1 atom stereocenters. The van der Waals surface area contributed by atoms with Crippen molar-refractivity contribution in [1.82, 2.24) is 10.3 Å². The first-order chi connectivity index (χ1) is 7.95. The van der Waals surface area contributed by atoms with Crippen LogP contribution in [0.5, 0.6) is 0 Å². The Balaban J connectivity index is 0.00000162. The number of hydrogen-bond acceptors (Lipinski definition) is 2. The van der Waals surface area contributed by atoms with Crippen molar-refractivity contribution in [3.63, 3.8) is 0 Å². The molecule has 1 saturated heterocycles. The second kappa shape index (κ2) is 5.93. The number of aromatic nitrogens is 1. The van der Waals surface area contributed by atoms with E-state index in [9.17, 15) is 13.2 Å². The zero-order chi connectivity index (χ0) is 12.5. The van der Waals surface area contributed by atoms with Crippen LogP contribution in [0.3, 0.4) is 0 Å². The second-order valence-corrected chi connectivity index (χ2v) is 4.56. The lowest BCUT2D eigenvalue weighted by Crippen LogP contribution is -2.13. The van der Waals surface area contributed by atoms with Gasteiger partial charge in [-0.25, -0.2) is 4.98 Å². The first kappa shape index (κ1) is 15.3. The molecule has 18 heavy (non-hydrogen) atoms. The summed E-state index contributed by atoms with van der Waals surface area (Å²) in [5.41, 5.74) is 0.387. The van der Waals surface area contributed by atoms with Gasteiger partial charge < -0.3 is 5.32 Å². The Bertz CT molecular complexity index is 401. The molecule has 2 heterocycles. The molecule has 2 rings (SSSR count). The van der Waals surface area contributed by atoms with Crippen LogP contribution in [0.15, 0.2) is 12.1 Å². The van der Waals surface area contributed by atoms with Crippen LogP contribution in [0.2, 0.25) is 0 Å². The summed E-state index contributed by atoms with van der Waals surface area (Å²) >= 11 is 0. The summed E-state index contributed by atoms with van der Waals surface area (Å²) in [6.07, 6.45) is -2.63. The second-order valence-electron chi connectivity index (χ2n) is 4.56. The van der Waals surface area contributed by atoms with Crippen molar-refractivity contribution < 1.29 is 13.2 Å². The Morgan fingerprint density at radius 3 is 2.67 bits per heavy atom. The van der Waals surface area contributed by atoms with Gasteiger partial charge in [-0.3, -0.25) is 0 Å². The fraction of sp³-hybridized carbons (Fsp3) is 0.583. The van der Waals surface area contributed by atoms with E-state index in [1.54, 1.807) is 13.0 Å². The molecule has 0 bridgehead atoms. The first-order valence-electron chi connectivity index (χ1n) is 5.70. The highest BCUT2D eigenvalue weighted by molar-refractivity contribution is 7.59. The minimum Gasteiger partial charge on any atom is -0.316 e. The average molecular weight is 278 g/mol. The largest absolute Gasteiger partial charge is 0.433 e. The Morgan fingerprint density at radius 1 is 1.39 bits per heavy atom. The van der Waals surface area contributed by atoms with Crippen LogP contribution in [0, 0.1) is 12.8 Å². The van der Waals surface area contributed by atoms with Gasteiger partial charge in [0.15, 0.2) is 0 Å². The minimum absolute atomic E-state index is 0. The van der Waals surface area contributed by atoms with Gasteiger partial charge in [-0.2, -0.15) is 26.7 Å². The number of nitrogens with zero attached hydrogens (tertiary/aromatic N) is 1. The van der Waals surface area contributed by atoms with Crippen LogP contribution in [0.1, 0.15) is 23.4 Å². The molecule has 1 aliphatic rings. The fourth-order valence-corrected chi connectivity index (χ4v) is 2.23. The lowest BCUT2D eigenvalue weighted by molar-refractivity contribution is -0.141. The molecule has 2 nitrogen and oxygen atoms in total. The third-order valence-electron chi connectivity index (χ3n) is 2.99. The molecule has 0 amide bonds. The number of aryl methyl sites for hydroxylation is 1. The highest BCUT2D eigenvalue weighted by Crippen LogP contribution is 2.29. The predicted octanol–water partition coefficient (Wildman–Crippen LogP) is 2.67. The van der Waals surface area contributed by atoms with Crippen molar-refractivity contribution in [3.05, 3.63) is 29.1 Å². The summed E-state index contributed by atoms with van der Waals surface area (Å²) < 4.78 is 37.8. The molecule has 0 saturated carbocycles. The first-order valence-corrected chi connectivity index (χ1v) is 5.70. The number of pyridine rings is 1. The van der Waals surface area contributed by atoms with E-state index in [4.69, 9.17) is 0 Å². The summed E-state index contributed by atoms with van der Waals surface area (Å²) in [7, 11) is 0. The van der Waals surface area contributed by atoms with E-state index in [0.29, 0.717) is 18.0 Å². The third-order valence-corrected chi connectivity index (χ3v) is 2.99. The van der Waals surface area contributed by atoms with Crippen LogP contribution < -0.4 is 5.32 Å². The zero-order valence-electron chi connectivity index (χ0n) is 10.1. The number of rotatable bonds is 2. The quantitative estimate of drug-likeness (QED) is 0.899. The monoisotopic (exact) mass is 278 g/mol. The van der Waals surface area contributed by atoms with E-state index in [0.717, 1.165) is 25.1 Å². The van der Waals surface area contributed by atoms with E-state index >= 15 is 0 Å². The van der Waals surface area contributed by atoms with Crippen molar-refractivity contribution in [1.29, 1.82) is 0 Å². The maximum absolute atomic E-state index is 12.6. The lowest BCUT2D eigenvalue weighted by atomic mass is 9.98. The van der Waals surface area contributed by atoms with Crippen LogP contribution >= 0.6 is 13.5 Å². The molecular weight excluding hydrogens is 261 g/mol. The summed E-state index contributed by atoms with van der Waals surface area (Å²) in [6, 6.07) is 2.92. The van der Waals surface area contributed by atoms with Gasteiger partial charge in [0.1, 0.15) is 5.69 Å². The average Bonchev–Trinajstić information content (AvgIpc) is 2.68. The highest BCUT2D eigenvalue weighted by Gasteiger charge is 2.33. The molecule has 0 aliphatic carbocycles. The van der Waals surface area contributed by atoms with Crippen LogP contribution in [-0.2, 0) is 12.6 Å². The SMILES string of the molecule is Cc1cc(C[C@H]2CCNC2)cc(C(F)(F)F)n1.S. The Kier molecular flexibility index (Phi) is 5.04. The smallest absolute Gasteiger partial charge is 0.316 e. The molecule has 102 valence electrons. The van der Waals surface area contributed by atoms with Crippen molar-refractivity contribution in [2.24, 2.45) is 5.92 Å². The Morgan fingerprint density at radius 2 is 2.11 bits per heavy atom. The summed E-state index contributed by atoms with van der Waals surface area (Å²) in [5, 5.41) is 3.21. The third kappa shape index (κ3) is 3.88. The maximum atomic E-state index is 12.6. The number of halogens is 3. The van der Waals surface area contributed by atoms with Crippen molar-refractivity contribution >= 4 is 13.5 Å². The van der Waals surface area contributed by atoms with Crippen molar-refractivity contribution in [2.45, 2.75) is 25.9 Å². The molecule has 0 aromatic carbocycles. The predicted molar refractivity (Wildman–Crippen MR) is 69.0 cm³/mol. The topological polar surface area (TPSA) is 24.9 Å². The normalized spacial score (nSPS) is 19.7. The molecular formula is C12H17F3N2S. The van der Waals surface area contributed by atoms with Gasteiger partial charge in [-0.05, 0) is 56.5 Å². The van der Waals surface area contributed by atoms with Gasteiger partial charge in [0.25, 0.3) is 0 Å². The van der Waals surface area contributed by atoms with Gasteiger partial charge >= 0.3 is 6.18 Å². The van der Waals surface area contributed by atoms with E-state index < -0.39 is 11.9 Å². The summed E-state index contributed by atoms with van der Waals surface area (Å²) in [6.45, 7) is 3.45. The van der Waals surface area contributed by atoms with E-state index in [1.807, 2.05) is 0 Å². The van der Waals surface area contributed by atoms with Gasteiger partial charge in [0.05, 0.1) is 0 Å². The van der Waals surface area contributed by atoms with Crippen molar-refractivity contribution in [3.8, 4) is 0 Å². The van der Waals surface area contributed by atoms with Gasteiger partial charge in [-0.1, -0.05) is 0 Å². The Hall–Kier alpha value is -0.750. The molecule has 6 heteroatoms. The molecule has 1 aromatic rings. The van der Waals surface area contributed by atoms with E-state index in [1.165, 1.54) is 6.07 Å². The summed E-state index contributed by atoms with van der Waals surface area (Å²) in [4.78, 5) is 3.54. The van der Waals surface area contributed by atoms with Crippen LogP contribution in [0.4, 0.5) is 13.2 Å². The molecule has 0 radical (unpaired) electrons. The molecule has 1 N–H and O–H groups in total. The van der Waals surface area contributed by atoms with Gasteiger partial charge in [-0.15, -0.1) is 0 Å². The van der Waals surface area contributed by atoms with E-state index in [2.05, 4.69) is 10.3 Å².